The predicted octanol–water partition coefficient (Wildman–Crippen LogP) is 3.50. The summed E-state index contributed by atoms with van der Waals surface area (Å²) >= 11 is 0. The molecule has 0 bridgehead atoms. The number of nitrogens with zero attached hydrogens (tertiary/aromatic N) is 5. The first kappa shape index (κ1) is 15.7. The highest BCUT2D eigenvalue weighted by atomic mass is 19.1. The zero-order valence-corrected chi connectivity index (χ0v) is 13.9. The van der Waals surface area contributed by atoms with E-state index in [0.717, 1.165) is 37.3 Å². The second-order valence-corrected chi connectivity index (χ2v) is 6.97. The lowest BCUT2D eigenvalue weighted by Gasteiger charge is -2.29. The minimum atomic E-state index is -0.203. The molecule has 0 spiro atoms. The fraction of sp³-hybridized carbons (Fsp3) is 0.611. The molecule has 0 amide bonds. The smallest absolute Gasteiger partial charge is 0.173 e. The largest absolute Gasteiger partial charge is 0.290 e. The summed E-state index contributed by atoms with van der Waals surface area (Å²) in [6, 6.07) is 7.23. The van der Waals surface area contributed by atoms with Gasteiger partial charge < -0.3 is 0 Å². The first-order chi connectivity index (χ1) is 11.8. The van der Waals surface area contributed by atoms with Crippen molar-refractivity contribution in [3.63, 3.8) is 0 Å². The number of rotatable bonds is 4. The predicted molar refractivity (Wildman–Crippen MR) is 89.0 cm³/mol. The zero-order chi connectivity index (χ0) is 16.4. The van der Waals surface area contributed by atoms with Crippen molar-refractivity contribution in [2.45, 2.75) is 57.0 Å². The van der Waals surface area contributed by atoms with E-state index >= 15 is 0 Å². The lowest BCUT2D eigenvalue weighted by molar-refractivity contribution is 0.244. The van der Waals surface area contributed by atoms with E-state index in [2.05, 4.69) is 20.4 Å². The number of tetrazole rings is 1. The summed E-state index contributed by atoms with van der Waals surface area (Å²) < 4.78 is 15.4. The molecule has 1 aromatic heterocycles. The summed E-state index contributed by atoms with van der Waals surface area (Å²) in [4.78, 5) is 2.43. The summed E-state index contributed by atoms with van der Waals surface area (Å²) in [6.07, 6.45) is 8.49. The minimum absolute atomic E-state index is 0.0185. The van der Waals surface area contributed by atoms with Gasteiger partial charge in [0.1, 0.15) is 5.82 Å². The van der Waals surface area contributed by atoms with Crippen LogP contribution in [-0.4, -0.2) is 38.2 Å². The molecule has 0 radical (unpaired) electrons. The molecule has 4 rings (SSSR count). The quantitative estimate of drug-likeness (QED) is 0.861. The molecule has 1 saturated heterocycles. The Morgan fingerprint density at radius 2 is 1.67 bits per heavy atom. The second kappa shape index (κ2) is 6.97. The Hall–Kier alpha value is -1.82. The van der Waals surface area contributed by atoms with Crippen LogP contribution in [0.4, 0.5) is 4.39 Å². The van der Waals surface area contributed by atoms with Gasteiger partial charge in [0, 0.05) is 0 Å². The summed E-state index contributed by atoms with van der Waals surface area (Å²) in [6.45, 7) is 2.08. The van der Waals surface area contributed by atoms with Crippen molar-refractivity contribution in [2.24, 2.45) is 0 Å². The highest BCUT2D eigenvalue weighted by Crippen LogP contribution is 2.34. The average molecular weight is 329 g/mol. The van der Waals surface area contributed by atoms with E-state index in [0.29, 0.717) is 6.04 Å². The molecule has 1 aliphatic heterocycles. The van der Waals surface area contributed by atoms with Gasteiger partial charge in [-0.2, -0.15) is 0 Å². The van der Waals surface area contributed by atoms with Crippen molar-refractivity contribution < 1.29 is 4.39 Å². The summed E-state index contributed by atoms with van der Waals surface area (Å²) in [7, 11) is 0. The van der Waals surface area contributed by atoms with Crippen molar-refractivity contribution in [1.82, 2.24) is 25.1 Å². The van der Waals surface area contributed by atoms with E-state index in [1.807, 2.05) is 16.8 Å². The van der Waals surface area contributed by atoms with Gasteiger partial charge in [-0.1, -0.05) is 31.4 Å². The average Bonchev–Trinajstić information content (AvgIpc) is 3.30. The molecule has 6 heteroatoms. The molecule has 2 aromatic rings. The molecular weight excluding hydrogens is 305 g/mol. The number of halogens is 1. The molecule has 1 saturated carbocycles. The molecule has 1 aromatic carbocycles. The van der Waals surface area contributed by atoms with Crippen LogP contribution >= 0.6 is 0 Å². The van der Waals surface area contributed by atoms with Crippen LogP contribution < -0.4 is 0 Å². The first-order valence-corrected chi connectivity index (χ1v) is 9.10. The highest BCUT2D eigenvalue weighted by Gasteiger charge is 2.32. The molecular formula is C18H24FN5. The van der Waals surface area contributed by atoms with Crippen LogP contribution in [0.15, 0.2) is 24.3 Å². The Kier molecular flexibility index (Phi) is 4.56. The zero-order valence-electron chi connectivity index (χ0n) is 13.9. The van der Waals surface area contributed by atoms with Crippen molar-refractivity contribution in [1.29, 1.82) is 0 Å². The van der Waals surface area contributed by atoms with E-state index in [-0.39, 0.29) is 11.9 Å². The fourth-order valence-corrected chi connectivity index (χ4v) is 4.13. The van der Waals surface area contributed by atoms with Crippen LogP contribution in [0.3, 0.4) is 0 Å². The number of benzene rings is 1. The van der Waals surface area contributed by atoms with Crippen molar-refractivity contribution in [3.8, 4) is 0 Å². The topological polar surface area (TPSA) is 46.8 Å². The van der Waals surface area contributed by atoms with Crippen molar-refractivity contribution >= 4 is 0 Å². The lowest BCUT2D eigenvalue weighted by Crippen LogP contribution is -2.30. The molecule has 0 N–H and O–H groups in total. The van der Waals surface area contributed by atoms with E-state index in [1.165, 1.54) is 44.2 Å². The molecule has 2 fully saturated rings. The maximum atomic E-state index is 13.4. The van der Waals surface area contributed by atoms with Gasteiger partial charge in [0.15, 0.2) is 5.82 Å². The molecule has 2 heterocycles. The summed E-state index contributed by atoms with van der Waals surface area (Å²) in [5, 5.41) is 12.7. The second-order valence-electron chi connectivity index (χ2n) is 6.97. The maximum absolute atomic E-state index is 13.4. The fourth-order valence-electron chi connectivity index (χ4n) is 4.13. The first-order valence-electron chi connectivity index (χ1n) is 9.10. The molecule has 1 atom stereocenters. The van der Waals surface area contributed by atoms with Crippen LogP contribution in [0.5, 0.6) is 0 Å². The summed E-state index contributed by atoms with van der Waals surface area (Å²) in [5.41, 5.74) is 1.07. The van der Waals surface area contributed by atoms with E-state index in [4.69, 9.17) is 0 Å². The van der Waals surface area contributed by atoms with E-state index in [9.17, 15) is 4.39 Å². The Balaban J connectivity index is 1.71. The van der Waals surface area contributed by atoms with Gasteiger partial charge in [0.25, 0.3) is 0 Å². The van der Waals surface area contributed by atoms with Gasteiger partial charge in [-0.05, 0) is 66.9 Å². The van der Waals surface area contributed by atoms with Crippen LogP contribution in [0.25, 0.3) is 0 Å². The van der Waals surface area contributed by atoms with Crippen LogP contribution in [0.1, 0.15) is 68.4 Å². The van der Waals surface area contributed by atoms with Gasteiger partial charge in [-0.3, -0.25) is 4.90 Å². The molecule has 128 valence electrons. The third-order valence-corrected chi connectivity index (χ3v) is 5.37. The Labute approximate surface area is 141 Å². The SMILES string of the molecule is Fc1ccc([C@@H](c2nnnn2C2CCCCC2)N2CCCC2)cc1. The van der Waals surface area contributed by atoms with Crippen LogP contribution in [0.2, 0.25) is 0 Å². The Bertz CT molecular complexity index is 656. The van der Waals surface area contributed by atoms with Crippen LogP contribution in [-0.2, 0) is 0 Å². The molecule has 1 aliphatic carbocycles. The molecule has 5 nitrogen and oxygen atoms in total. The minimum Gasteiger partial charge on any atom is -0.290 e. The van der Waals surface area contributed by atoms with Gasteiger partial charge in [0.05, 0.1) is 12.1 Å². The van der Waals surface area contributed by atoms with Crippen molar-refractivity contribution in [3.05, 3.63) is 41.5 Å². The monoisotopic (exact) mass is 329 g/mol. The molecule has 24 heavy (non-hydrogen) atoms. The Morgan fingerprint density at radius 3 is 2.38 bits per heavy atom. The highest BCUT2D eigenvalue weighted by molar-refractivity contribution is 5.25. The summed E-state index contributed by atoms with van der Waals surface area (Å²) in [5.74, 6) is 0.709. The van der Waals surface area contributed by atoms with E-state index < -0.39 is 0 Å². The molecule has 2 aliphatic rings. The normalized spacial score (nSPS) is 21.2. The standard InChI is InChI=1S/C18H24FN5/c19-15-10-8-14(9-11-15)17(23-12-4-5-13-23)18-20-21-22-24(18)16-6-2-1-3-7-16/h8-11,16-17H,1-7,12-13H2/t17-/m0/s1. The van der Waals surface area contributed by atoms with E-state index in [1.54, 1.807) is 0 Å². The number of hydrogen-bond acceptors (Lipinski definition) is 4. The number of likely N-dealkylation sites (tertiary alicyclic amines) is 1. The van der Waals surface area contributed by atoms with Crippen molar-refractivity contribution in [2.75, 3.05) is 13.1 Å². The van der Waals surface area contributed by atoms with Gasteiger partial charge in [0.2, 0.25) is 0 Å². The lowest BCUT2D eigenvalue weighted by atomic mass is 9.95. The van der Waals surface area contributed by atoms with Gasteiger partial charge >= 0.3 is 0 Å². The Morgan fingerprint density at radius 1 is 0.958 bits per heavy atom. The van der Waals surface area contributed by atoms with Gasteiger partial charge in [-0.15, -0.1) is 5.10 Å². The van der Waals surface area contributed by atoms with Gasteiger partial charge in [-0.25, -0.2) is 9.07 Å². The number of aromatic nitrogens is 4. The third kappa shape index (κ3) is 3.07. The van der Waals surface area contributed by atoms with Crippen LogP contribution in [0, 0.1) is 5.82 Å². The third-order valence-electron chi connectivity index (χ3n) is 5.37. The number of hydrogen-bond donors (Lipinski definition) is 0. The maximum Gasteiger partial charge on any atom is 0.173 e. The molecule has 0 unspecified atom stereocenters.